The van der Waals surface area contributed by atoms with Crippen LogP contribution in [-0.4, -0.2) is 40.9 Å². The molecule has 0 saturated carbocycles. The maximum Gasteiger partial charge on any atom is 0.332 e. The molecule has 42 heavy (non-hydrogen) atoms. The van der Waals surface area contributed by atoms with Crippen molar-refractivity contribution in [2.24, 2.45) is 0 Å². The van der Waals surface area contributed by atoms with E-state index in [4.69, 9.17) is 4.74 Å². The van der Waals surface area contributed by atoms with Crippen molar-refractivity contribution in [3.8, 4) is 5.75 Å². The Labute approximate surface area is 242 Å². The van der Waals surface area contributed by atoms with Gasteiger partial charge in [0.2, 0.25) is 0 Å². The van der Waals surface area contributed by atoms with E-state index in [1.54, 1.807) is 36.3 Å². The van der Waals surface area contributed by atoms with E-state index < -0.39 is 18.1 Å². The molecule has 8 nitrogen and oxygen atoms in total. The lowest BCUT2D eigenvalue weighted by atomic mass is 9.89. The smallest absolute Gasteiger partial charge is 0.332 e. The standard InChI is InChI=1S/C34H28N4O4/c1-42-23-17-15-22(16-18-23)31-30-26(24-11-5-7-13-27(24)36-30)19-29-33(40)38(34(41)37(29)31)28-14-8-6-12-25(28)32(39)35-20-21-9-3-2-4-10-21/h2-18,29,31,36H,19-20H2,1H3,(H,35,39)/t29-,31?/m0/s1. The second kappa shape index (κ2) is 10.2. The molecule has 7 rings (SSSR count). The van der Waals surface area contributed by atoms with Crippen LogP contribution in [0.1, 0.15) is 38.8 Å². The number of methoxy groups -OCH3 is 1. The number of nitrogens with zero attached hydrogens (tertiary/aromatic N) is 2. The second-order valence-electron chi connectivity index (χ2n) is 10.5. The number of aromatic amines is 1. The largest absolute Gasteiger partial charge is 0.497 e. The summed E-state index contributed by atoms with van der Waals surface area (Å²) < 4.78 is 5.37. The number of carbonyl (C=O) groups excluding carboxylic acids is 3. The van der Waals surface area contributed by atoms with E-state index in [1.165, 1.54) is 4.90 Å². The molecular formula is C34H28N4O4. The number of amides is 4. The number of aromatic nitrogens is 1. The summed E-state index contributed by atoms with van der Waals surface area (Å²) in [6, 6.07) is 30.2. The summed E-state index contributed by atoms with van der Waals surface area (Å²) in [4.78, 5) is 48.2. The molecule has 1 unspecified atom stereocenters. The minimum Gasteiger partial charge on any atom is -0.497 e. The Hall–Kier alpha value is -5.37. The van der Waals surface area contributed by atoms with E-state index in [9.17, 15) is 14.4 Å². The van der Waals surface area contributed by atoms with Gasteiger partial charge in [-0.3, -0.25) is 14.5 Å². The highest BCUT2D eigenvalue weighted by Gasteiger charge is 2.53. The van der Waals surface area contributed by atoms with E-state index in [0.29, 0.717) is 18.7 Å². The van der Waals surface area contributed by atoms with Crippen LogP contribution in [0.25, 0.3) is 10.9 Å². The van der Waals surface area contributed by atoms with E-state index in [0.717, 1.165) is 33.3 Å². The first-order valence-corrected chi connectivity index (χ1v) is 13.9. The summed E-state index contributed by atoms with van der Waals surface area (Å²) in [5.74, 6) is -0.00975. The zero-order chi connectivity index (χ0) is 28.8. The first-order valence-electron chi connectivity index (χ1n) is 13.9. The van der Waals surface area contributed by atoms with Crippen LogP contribution in [0.2, 0.25) is 0 Å². The van der Waals surface area contributed by atoms with Crippen LogP contribution < -0.4 is 15.0 Å². The Kier molecular flexibility index (Phi) is 6.23. The molecule has 2 atom stereocenters. The van der Waals surface area contributed by atoms with Crippen molar-refractivity contribution in [2.45, 2.75) is 25.0 Å². The van der Waals surface area contributed by atoms with Crippen LogP contribution in [0.15, 0.2) is 103 Å². The minimum atomic E-state index is -0.725. The first-order chi connectivity index (χ1) is 20.5. The summed E-state index contributed by atoms with van der Waals surface area (Å²) in [7, 11) is 1.61. The summed E-state index contributed by atoms with van der Waals surface area (Å²) in [6.45, 7) is 0.325. The molecule has 3 heterocycles. The van der Waals surface area contributed by atoms with Crippen LogP contribution in [0.4, 0.5) is 10.5 Å². The Bertz CT molecular complexity index is 1830. The van der Waals surface area contributed by atoms with Crippen molar-refractivity contribution in [3.63, 3.8) is 0 Å². The summed E-state index contributed by atoms with van der Waals surface area (Å²) in [5, 5.41) is 3.96. The predicted molar refractivity (Wildman–Crippen MR) is 159 cm³/mol. The number of imide groups is 1. The fourth-order valence-corrected chi connectivity index (χ4v) is 6.16. The molecule has 2 aliphatic rings. The van der Waals surface area contributed by atoms with E-state index in [1.807, 2.05) is 78.9 Å². The van der Waals surface area contributed by atoms with E-state index in [-0.39, 0.29) is 23.1 Å². The number of hydrogen-bond acceptors (Lipinski definition) is 4. The molecular weight excluding hydrogens is 528 g/mol. The monoisotopic (exact) mass is 556 g/mol. The van der Waals surface area contributed by atoms with Gasteiger partial charge < -0.3 is 15.0 Å². The predicted octanol–water partition coefficient (Wildman–Crippen LogP) is 5.59. The van der Waals surface area contributed by atoms with Crippen LogP contribution >= 0.6 is 0 Å². The number of benzene rings is 4. The Balaban J connectivity index is 1.29. The van der Waals surface area contributed by atoms with Gasteiger partial charge in [0.25, 0.3) is 11.8 Å². The van der Waals surface area contributed by atoms with Crippen molar-refractivity contribution in [2.75, 3.05) is 12.0 Å². The molecule has 0 aliphatic carbocycles. The lowest BCUT2D eigenvalue weighted by Crippen LogP contribution is -2.44. The summed E-state index contributed by atoms with van der Waals surface area (Å²) in [5.41, 5.74) is 5.20. The zero-order valence-electron chi connectivity index (χ0n) is 22.9. The number of nitrogens with one attached hydrogen (secondary N) is 2. The average molecular weight is 557 g/mol. The molecule has 2 N–H and O–H groups in total. The number of ether oxygens (including phenoxy) is 1. The molecule has 4 aromatic carbocycles. The number of carbonyl (C=O) groups is 3. The number of para-hydroxylation sites is 2. The number of fused-ring (bicyclic) bond motifs is 4. The number of H-pyrrole nitrogens is 1. The van der Waals surface area contributed by atoms with Gasteiger partial charge in [-0.25, -0.2) is 9.69 Å². The fraction of sp³-hybridized carbons (Fsp3) is 0.147. The van der Waals surface area contributed by atoms with Crippen molar-refractivity contribution in [1.29, 1.82) is 0 Å². The van der Waals surface area contributed by atoms with Crippen molar-refractivity contribution >= 4 is 34.4 Å². The van der Waals surface area contributed by atoms with Crippen LogP contribution in [0, 0.1) is 0 Å². The van der Waals surface area contributed by atoms with Gasteiger partial charge in [-0.2, -0.15) is 0 Å². The number of anilines is 1. The minimum absolute atomic E-state index is 0.264. The van der Waals surface area contributed by atoms with Crippen LogP contribution in [0.3, 0.4) is 0 Å². The Morgan fingerprint density at radius 2 is 1.62 bits per heavy atom. The summed E-state index contributed by atoms with van der Waals surface area (Å²) in [6.07, 6.45) is 0.370. The third-order valence-electron chi connectivity index (χ3n) is 8.17. The van der Waals surface area contributed by atoms with Crippen LogP contribution in [0.5, 0.6) is 5.75 Å². The molecule has 1 aromatic heterocycles. The van der Waals surface area contributed by atoms with E-state index >= 15 is 0 Å². The maximum absolute atomic E-state index is 14.3. The lowest BCUT2D eigenvalue weighted by molar-refractivity contribution is -0.120. The quantitative estimate of drug-likeness (QED) is 0.267. The highest BCUT2D eigenvalue weighted by Crippen LogP contribution is 2.45. The number of rotatable bonds is 6. The topological polar surface area (TPSA) is 94.7 Å². The van der Waals surface area contributed by atoms with Crippen LogP contribution in [-0.2, 0) is 17.8 Å². The van der Waals surface area contributed by atoms with Crippen molar-refractivity contribution < 1.29 is 19.1 Å². The Morgan fingerprint density at radius 3 is 2.40 bits per heavy atom. The molecule has 8 heteroatoms. The van der Waals surface area contributed by atoms with Gasteiger partial charge in [0.05, 0.1) is 18.4 Å². The van der Waals surface area contributed by atoms with Gasteiger partial charge >= 0.3 is 6.03 Å². The molecule has 5 aromatic rings. The second-order valence-corrected chi connectivity index (χ2v) is 10.5. The SMILES string of the molecule is COc1ccc(C2c3[nH]c4ccccc4c3C[C@H]3C(=O)N(c4ccccc4C(=O)NCc4ccccc4)C(=O)N23)cc1. The summed E-state index contributed by atoms with van der Waals surface area (Å²) >= 11 is 0. The molecule has 0 bridgehead atoms. The number of hydrogen-bond donors (Lipinski definition) is 2. The Morgan fingerprint density at radius 1 is 0.905 bits per heavy atom. The molecule has 208 valence electrons. The van der Waals surface area contributed by atoms with Crippen molar-refractivity contribution in [1.82, 2.24) is 15.2 Å². The molecule has 1 saturated heterocycles. The first kappa shape index (κ1) is 25.6. The zero-order valence-corrected chi connectivity index (χ0v) is 22.9. The molecule has 0 radical (unpaired) electrons. The number of urea groups is 1. The lowest BCUT2D eigenvalue weighted by Gasteiger charge is -2.36. The van der Waals surface area contributed by atoms with Crippen molar-refractivity contribution in [3.05, 3.63) is 131 Å². The molecule has 2 aliphatic heterocycles. The molecule has 1 fully saturated rings. The van der Waals surface area contributed by atoms with Gasteiger partial charge in [-0.05, 0) is 47.0 Å². The van der Waals surface area contributed by atoms with Gasteiger partial charge in [-0.1, -0.05) is 72.8 Å². The van der Waals surface area contributed by atoms with E-state index in [2.05, 4.69) is 10.3 Å². The molecule has 4 amide bonds. The highest BCUT2D eigenvalue weighted by molar-refractivity contribution is 6.24. The maximum atomic E-state index is 14.3. The third-order valence-corrected chi connectivity index (χ3v) is 8.17. The third kappa shape index (κ3) is 4.11. The average Bonchev–Trinajstić information content (AvgIpc) is 3.53. The normalized spacial score (nSPS) is 17.7. The van der Waals surface area contributed by atoms with Gasteiger partial charge in [0.1, 0.15) is 17.8 Å². The molecule has 0 spiro atoms. The van der Waals surface area contributed by atoms with Gasteiger partial charge in [0.15, 0.2) is 0 Å². The fourth-order valence-electron chi connectivity index (χ4n) is 6.16. The van der Waals surface area contributed by atoms with Gasteiger partial charge in [0, 0.05) is 29.6 Å². The highest BCUT2D eigenvalue weighted by atomic mass is 16.5. The van der Waals surface area contributed by atoms with Gasteiger partial charge in [-0.15, -0.1) is 0 Å².